The van der Waals surface area contributed by atoms with E-state index in [1.54, 1.807) is 64.2 Å². The van der Waals surface area contributed by atoms with Gasteiger partial charge < -0.3 is 34.1 Å². The van der Waals surface area contributed by atoms with Crippen LogP contribution >= 0.6 is 0 Å². The van der Waals surface area contributed by atoms with E-state index in [0.717, 1.165) is 74.5 Å². The molecule has 13 aliphatic carbocycles. The highest BCUT2D eigenvalue weighted by Crippen LogP contribution is 2.70. The fourth-order valence-electron chi connectivity index (χ4n) is 18.3. The summed E-state index contributed by atoms with van der Waals surface area (Å²) < 4.78 is 26.0. The van der Waals surface area contributed by atoms with E-state index in [2.05, 4.69) is 77.1 Å². The number of ether oxygens (including phenoxy) is 5. The monoisotopic (exact) mass is 1310 g/mol. The van der Waals surface area contributed by atoms with Crippen LogP contribution in [0.2, 0.25) is 0 Å². The number of nitrogens with one attached hydrogen (secondary N) is 1. The van der Waals surface area contributed by atoms with Gasteiger partial charge in [-0.25, -0.2) is 0 Å². The van der Waals surface area contributed by atoms with Crippen molar-refractivity contribution in [3.05, 3.63) is 0 Å². The van der Waals surface area contributed by atoms with Crippen LogP contribution in [-0.4, -0.2) is 86.2 Å². The van der Waals surface area contributed by atoms with Crippen molar-refractivity contribution in [1.82, 2.24) is 5.32 Å². The number of fused-ring (bicyclic) bond motifs is 10. The van der Waals surface area contributed by atoms with Crippen molar-refractivity contribution < 1.29 is 52.8 Å². The molecule has 1 amide bonds. The molecule has 0 radical (unpaired) electrons. The second-order valence-electron chi connectivity index (χ2n) is 36.4. The van der Waals surface area contributed by atoms with Crippen LogP contribution in [0.15, 0.2) is 0 Å². The number of rotatable bonds is 17. The lowest BCUT2D eigenvalue weighted by Gasteiger charge is -2.64. The topological polar surface area (TPSA) is 164 Å². The number of carbonyl (C=O) groups excluding carboxylic acids is 5. The summed E-state index contributed by atoms with van der Waals surface area (Å²) in [5.74, 6) is 9.86. The molecule has 0 saturated heterocycles. The molecule has 13 rings (SSSR count). The lowest BCUT2D eigenvalue weighted by Crippen LogP contribution is -2.67. The molecular weight excluding hydrogens is 1160 g/mol. The van der Waals surface area contributed by atoms with E-state index in [1.807, 2.05) is 96.9 Å². The van der Waals surface area contributed by atoms with Gasteiger partial charge in [-0.15, -0.1) is 0 Å². The summed E-state index contributed by atoms with van der Waals surface area (Å²) in [6.45, 7) is 48.5. The van der Waals surface area contributed by atoms with Crippen molar-refractivity contribution in [2.45, 2.75) is 337 Å². The van der Waals surface area contributed by atoms with E-state index >= 15 is 0 Å². The van der Waals surface area contributed by atoms with Gasteiger partial charge in [-0.3, -0.25) is 24.0 Å². The predicted molar refractivity (Wildman–Crippen MR) is 378 cm³/mol. The highest BCUT2D eigenvalue weighted by atomic mass is 16.6. The van der Waals surface area contributed by atoms with Crippen LogP contribution in [0, 0.1) is 120 Å². The molecule has 2 N–H and O–H groups in total. The van der Waals surface area contributed by atoms with E-state index in [9.17, 15) is 29.1 Å². The van der Waals surface area contributed by atoms with Crippen LogP contribution in [0.5, 0.6) is 0 Å². The zero-order valence-corrected chi connectivity index (χ0v) is 64.7. The fraction of sp³-hybridized carbons (Fsp3) is 0.938. The molecule has 0 aromatic heterocycles. The molecule has 12 heteroatoms. The van der Waals surface area contributed by atoms with E-state index in [0.29, 0.717) is 53.1 Å². The first-order chi connectivity index (χ1) is 43.1. The molecule has 17 atom stereocenters. The van der Waals surface area contributed by atoms with Crippen LogP contribution in [0.4, 0.5) is 0 Å². The minimum absolute atomic E-state index is 0.0120. The lowest BCUT2D eigenvalue weighted by molar-refractivity contribution is -0.258. The van der Waals surface area contributed by atoms with Gasteiger partial charge in [0.2, 0.25) is 5.91 Å². The molecule has 0 aromatic carbocycles. The first-order valence-corrected chi connectivity index (χ1v) is 38.3. The molecule has 1 spiro atoms. The van der Waals surface area contributed by atoms with Crippen molar-refractivity contribution >= 4 is 29.8 Å². The van der Waals surface area contributed by atoms with Crippen molar-refractivity contribution in [3.63, 3.8) is 0 Å². The average molecular weight is 1310 g/mol. The number of hydrogen-bond donors (Lipinski definition) is 2. The Labute approximate surface area is 570 Å². The maximum absolute atomic E-state index is 12.3. The summed E-state index contributed by atoms with van der Waals surface area (Å²) in [7, 11) is 2.83. The molecule has 13 aliphatic rings. The summed E-state index contributed by atoms with van der Waals surface area (Å²) in [5, 5.41) is 14.1. The summed E-state index contributed by atoms with van der Waals surface area (Å²) in [6, 6.07) is 0.403. The predicted octanol–water partition coefficient (Wildman–Crippen LogP) is 19.2. The minimum atomic E-state index is -0.787. The third-order valence-electron chi connectivity index (χ3n) is 28.5. The van der Waals surface area contributed by atoms with Crippen LogP contribution < -0.4 is 5.32 Å². The number of hydrogen-bond acceptors (Lipinski definition) is 11. The number of carbonyl (C=O) groups is 5. The summed E-state index contributed by atoms with van der Waals surface area (Å²) in [4.78, 5) is 57.7. The largest absolute Gasteiger partial charge is 0.469 e. The summed E-state index contributed by atoms with van der Waals surface area (Å²) >= 11 is 0. The Kier molecular flexibility index (Phi) is 28.3. The molecule has 6 bridgehead atoms. The van der Waals surface area contributed by atoms with E-state index < -0.39 is 11.0 Å². The number of aliphatic hydroxyl groups is 1. The Balaban J connectivity index is 0.000000203. The molecule has 0 aliphatic heterocycles. The van der Waals surface area contributed by atoms with Gasteiger partial charge in [-0.05, 0) is 270 Å². The summed E-state index contributed by atoms with van der Waals surface area (Å²) in [5.41, 5.74) is 0.0247. The first kappa shape index (κ1) is 80.9. The first-order valence-electron chi connectivity index (χ1n) is 38.3. The number of esters is 4. The standard InChI is InChI=1S/C18H32O4.C16H29NO.C16H28O2.C10H16.C8H14.C7H14O2.C6H12O2/c1-7-16(2,3)15(19)22-9-8-21-14-11-12-10-13(17(12,4)5)18(14,6)20;1-7-15(3,4)14(18)17-13-9-11-8-12(10(13)2)16(11,5)6;1-7-15(5,6)14(17)18-13-9-16(10(2)3)8-12(16)11(13)4;1-2-9-7-4-5-8(6-7)10(9)3-1;1-2-4-8(5-3-1)6-7-8;1-5-7(2,3)6(8)9-4;1-4-5(2)6(7)8-3/h12-14,20H,7-11H2,1-6H3;10-13H,7-9H2,1-6H3,(H,17,18);10-13H,7-9H2,1-6H3;7-10H,1-6H2;1-7H2;5H2,1-4H3;5H,4H2,1-3H3/t12-,13?,14?,18-;10?,11-,12?,13+;11?,12?,13?,16-;;;;/m000..../s1. The van der Waals surface area contributed by atoms with Gasteiger partial charge in [-0.2, -0.15) is 0 Å². The number of methoxy groups -OCH3 is 2. The second kappa shape index (κ2) is 32.5. The van der Waals surface area contributed by atoms with Gasteiger partial charge in [0, 0.05) is 11.5 Å². The van der Waals surface area contributed by atoms with Gasteiger partial charge in [0.1, 0.15) is 12.7 Å². The maximum atomic E-state index is 12.3. The quantitative estimate of drug-likeness (QED) is 0.0809. The van der Waals surface area contributed by atoms with Crippen LogP contribution in [0.25, 0.3) is 0 Å². The van der Waals surface area contributed by atoms with Gasteiger partial charge in [-0.1, -0.05) is 136 Å². The van der Waals surface area contributed by atoms with Gasteiger partial charge in [0.15, 0.2) is 0 Å². The third-order valence-corrected chi connectivity index (χ3v) is 28.5. The molecular formula is C81H145NO11. The summed E-state index contributed by atoms with van der Waals surface area (Å²) in [6.07, 6.45) is 31.5. The Morgan fingerprint density at radius 1 is 0.559 bits per heavy atom. The molecule has 12 unspecified atom stereocenters. The lowest BCUT2D eigenvalue weighted by atomic mass is 9.43. The highest BCUT2D eigenvalue weighted by Gasteiger charge is 2.66. The van der Waals surface area contributed by atoms with Crippen molar-refractivity contribution in [3.8, 4) is 0 Å². The minimum Gasteiger partial charge on any atom is -0.469 e. The Morgan fingerprint density at radius 2 is 1.09 bits per heavy atom. The highest BCUT2D eigenvalue weighted by molar-refractivity contribution is 5.82. The second-order valence-corrected chi connectivity index (χ2v) is 36.4. The zero-order chi connectivity index (χ0) is 70.3. The van der Waals surface area contributed by atoms with E-state index in [-0.39, 0.29) is 76.2 Å². The fourth-order valence-corrected chi connectivity index (χ4v) is 18.3. The van der Waals surface area contributed by atoms with Crippen molar-refractivity contribution in [2.24, 2.45) is 120 Å². The van der Waals surface area contributed by atoms with Crippen LogP contribution in [0.3, 0.4) is 0 Å². The van der Waals surface area contributed by atoms with E-state index in [1.165, 1.54) is 76.4 Å². The Morgan fingerprint density at radius 3 is 1.49 bits per heavy atom. The molecule has 93 heavy (non-hydrogen) atoms. The van der Waals surface area contributed by atoms with Crippen molar-refractivity contribution in [2.75, 3.05) is 27.4 Å². The van der Waals surface area contributed by atoms with Crippen LogP contribution in [0.1, 0.15) is 313 Å². The Bertz CT molecular complexity index is 2360. The van der Waals surface area contributed by atoms with Crippen LogP contribution in [-0.2, 0) is 47.7 Å². The van der Waals surface area contributed by atoms with Gasteiger partial charge >= 0.3 is 23.9 Å². The third kappa shape index (κ3) is 19.2. The molecule has 0 aromatic rings. The average Bonchev–Trinajstić information content (AvgIpc) is 1.70. The molecule has 0 heterocycles. The normalized spacial score (nSPS) is 34.7. The van der Waals surface area contributed by atoms with Gasteiger partial charge in [0.25, 0.3) is 0 Å². The van der Waals surface area contributed by atoms with Crippen molar-refractivity contribution in [1.29, 1.82) is 0 Å². The number of amides is 1. The molecule has 13 fully saturated rings. The smallest absolute Gasteiger partial charge is 0.311 e. The Hall–Kier alpha value is -2.73. The van der Waals surface area contributed by atoms with E-state index in [4.69, 9.17) is 14.2 Å². The molecule has 13 saturated carbocycles. The van der Waals surface area contributed by atoms with Gasteiger partial charge in [0.05, 0.1) is 54.7 Å². The molecule has 12 nitrogen and oxygen atoms in total. The maximum Gasteiger partial charge on any atom is 0.311 e. The SMILES string of the molecule is C1CC2C3CCC(C3)C2C1.C1CCC2(CC1)CC2.CCC(C)(C)C(=O)N[C@@H]1C[C@@H]2CC(C1C)C2(C)C.CCC(C)(C)C(=O)OC.CCC(C)(C)C(=O)OC1C[C@]2(C(C)C)CC2C1C.CCC(C)(C)C(=O)OCCOC1C[C@@H]2CC(C2(C)C)[C@]1(C)O.CCC(C)C(=O)OC. The molecule has 540 valence electrons. The zero-order valence-electron chi connectivity index (χ0n) is 64.7.